The van der Waals surface area contributed by atoms with E-state index in [1.807, 2.05) is 10.8 Å². The van der Waals surface area contributed by atoms with Crippen LogP contribution in [0.3, 0.4) is 0 Å². The smallest absolute Gasteiger partial charge is 0.361 e. The second kappa shape index (κ2) is 7.14. The largest absolute Gasteiger partial charge is 0.411 e. The van der Waals surface area contributed by atoms with Crippen molar-refractivity contribution in [1.82, 2.24) is 9.71 Å². The number of allylic oxidation sites excluding steroid dienone is 2. The van der Waals surface area contributed by atoms with E-state index in [4.69, 9.17) is 0 Å². The molecule has 4 nitrogen and oxygen atoms in total. The number of fused-ring (bicyclic) bond motifs is 1. The molecule has 0 fully saturated rings. The zero-order chi connectivity index (χ0) is 21.6. The molecule has 1 aliphatic rings. The SMILES string of the molecule is CS(=O)(=O)NC1(C(F)(F)F)C=C(c2cccc3[nH]ccc23)C=C(c2ccccc2)C1. The molecule has 1 atom stereocenters. The number of aromatic amines is 1. The summed E-state index contributed by atoms with van der Waals surface area (Å²) in [6.45, 7) is 0. The molecule has 1 aliphatic carbocycles. The maximum absolute atomic E-state index is 14.4. The highest BCUT2D eigenvalue weighted by Crippen LogP contribution is 2.45. The van der Waals surface area contributed by atoms with Crippen molar-refractivity contribution in [1.29, 1.82) is 0 Å². The molecule has 1 aromatic heterocycles. The molecule has 0 bridgehead atoms. The van der Waals surface area contributed by atoms with Gasteiger partial charge in [-0.15, -0.1) is 0 Å². The molecule has 8 heteroatoms. The molecule has 0 saturated carbocycles. The summed E-state index contributed by atoms with van der Waals surface area (Å²) in [5.41, 5.74) is -0.0804. The van der Waals surface area contributed by atoms with E-state index in [2.05, 4.69) is 4.98 Å². The second-order valence-corrected chi connectivity index (χ2v) is 9.15. The van der Waals surface area contributed by atoms with Gasteiger partial charge in [0.25, 0.3) is 0 Å². The first-order chi connectivity index (χ1) is 14.1. The minimum absolute atomic E-state index is 0.304. The van der Waals surface area contributed by atoms with Crippen LogP contribution in [0.5, 0.6) is 0 Å². The average Bonchev–Trinajstić information content (AvgIpc) is 3.15. The molecular formula is C22H19F3N2O2S. The summed E-state index contributed by atoms with van der Waals surface area (Å²) >= 11 is 0. The summed E-state index contributed by atoms with van der Waals surface area (Å²) in [4.78, 5) is 3.05. The molecule has 0 aliphatic heterocycles. The van der Waals surface area contributed by atoms with Crippen LogP contribution < -0.4 is 4.72 Å². The molecular weight excluding hydrogens is 413 g/mol. The number of aromatic nitrogens is 1. The van der Waals surface area contributed by atoms with Crippen molar-refractivity contribution in [3.8, 4) is 0 Å². The maximum Gasteiger partial charge on any atom is 0.411 e. The summed E-state index contributed by atoms with van der Waals surface area (Å²) < 4.78 is 68.8. The monoisotopic (exact) mass is 432 g/mol. The zero-order valence-corrected chi connectivity index (χ0v) is 16.8. The molecule has 4 rings (SSSR count). The highest BCUT2D eigenvalue weighted by molar-refractivity contribution is 7.88. The van der Waals surface area contributed by atoms with Gasteiger partial charge in [0.05, 0.1) is 6.26 Å². The lowest BCUT2D eigenvalue weighted by Gasteiger charge is -2.37. The van der Waals surface area contributed by atoms with Gasteiger partial charge in [0, 0.05) is 23.5 Å². The quantitative estimate of drug-likeness (QED) is 0.617. The van der Waals surface area contributed by atoms with E-state index < -0.39 is 28.2 Å². The van der Waals surface area contributed by atoms with Crippen LogP contribution in [0.2, 0.25) is 0 Å². The Balaban J connectivity index is 1.99. The summed E-state index contributed by atoms with van der Waals surface area (Å²) in [7, 11) is -4.16. The first kappa shape index (κ1) is 20.4. The zero-order valence-electron chi connectivity index (χ0n) is 16.0. The molecule has 2 N–H and O–H groups in total. The predicted octanol–water partition coefficient (Wildman–Crippen LogP) is 4.89. The van der Waals surface area contributed by atoms with Gasteiger partial charge in [-0.1, -0.05) is 48.5 Å². The molecule has 3 aromatic rings. The predicted molar refractivity (Wildman–Crippen MR) is 112 cm³/mol. The molecule has 0 amide bonds. The van der Waals surface area contributed by atoms with Gasteiger partial charge in [0.1, 0.15) is 0 Å². The van der Waals surface area contributed by atoms with Crippen molar-refractivity contribution in [2.75, 3.05) is 6.26 Å². The highest BCUT2D eigenvalue weighted by atomic mass is 32.2. The highest BCUT2D eigenvalue weighted by Gasteiger charge is 2.56. The molecule has 0 spiro atoms. The number of halogens is 3. The van der Waals surface area contributed by atoms with E-state index >= 15 is 0 Å². The molecule has 30 heavy (non-hydrogen) atoms. The lowest BCUT2D eigenvalue weighted by Crippen LogP contribution is -2.58. The Morgan fingerprint density at radius 3 is 2.43 bits per heavy atom. The van der Waals surface area contributed by atoms with Gasteiger partial charge in [-0.3, -0.25) is 0 Å². The van der Waals surface area contributed by atoms with Crippen molar-refractivity contribution in [2.24, 2.45) is 0 Å². The number of H-pyrrole nitrogens is 1. The lowest BCUT2D eigenvalue weighted by atomic mass is 9.79. The number of hydrogen-bond acceptors (Lipinski definition) is 2. The van der Waals surface area contributed by atoms with Gasteiger partial charge in [-0.05, 0) is 40.5 Å². The van der Waals surface area contributed by atoms with Crippen LogP contribution in [0.25, 0.3) is 22.0 Å². The van der Waals surface area contributed by atoms with Gasteiger partial charge in [0.15, 0.2) is 5.54 Å². The van der Waals surface area contributed by atoms with Crippen LogP contribution in [0.15, 0.2) is 72.9 Å². The minimum Gasteiger partial charge on any atom is -0.361 e. The third kappa shape index (κ3) is 3.80. The number of sulfonamides is 1. The van der Waals surface area contributed by atoms with E-state index in [1.165, 1.54) is 0 Å². The van der Waals surface area contributed by atoms with Crippen LogP contribution in [0, 0.1) is 0 Å². The van der Waals surface area contributed by atoms with E-state index in [0.717, 1.165) is 23.2 Å². The Morgan fingerprint density at radius 2 is 1.77 bits per heavy atom. The summed E-state index contributed by atoms with van der Waals surface area (Å²) in [6, 6.07) is 15.8. The van der Waals surface area contributed by atoms with E-state index in [0.29, 0.717) is 22.3 Å². The van der Waals surface area contributed by atoms with Crippen LogP contribution in [0.4, 0.5) is 13.2 Å². The first-order valence-electron chi connectivity index (χ1n) is 9.19. The molecule has 0 radical (unpaired) electrons. The van der Waals surface area contributed by atoms with Crippen molar-refractivity contribution in [2.45, 2.75) is 18.1 Å². The van der Waals surface area contributed by atoms with Crippen molar-refractivity contribution >= 4 is 32.1 Å². The number of rotatable bonds is 4. The molecule has 1 unspecified atom stereocenters. The fourth-order valence-electron chi connectivity index (χ4n) is 3.86. The third-order valence-electron chi connectivity index (χ3n) is 5.12. The summed E-state index contributed by atoms with van der Waals surface area (Å²) in [6.07, 6.45) is -0.248. The van der Waals surface area contributed by atoms with Crippen molar-refractivity contribution in [3.05, 3.63) is 84.1 Å². The van der Waals surface area contributed by atoms with E-state index in [-0.39, 0.29) is 0 Å². The van der Waals surface area contributed by atoms with Crippen LogP contribution in [-0.2, 0) is 10.0 Å². The van der Waals surface area contributed by atoms with E-state index in [9.17, 15) is 21.6 Å². The van der Waals surface area contributed by atoms with Crippen LogP contribution in [-0.4, -0.2) is 31.4 Å². The number of nitrogens with one attached hydrogen (secondary N) is 2. The number of benzene rings is 2. The normalized spacial score (nSPS) is 20.1. The number of alkyl halides is 3. The Morgan fingerprint density at radius 1 is 1.03 bits per heavy atom. The fraction of sp³-hybridized carbons (Fsp3) is 0.182. The van der Waals surface area contributed by atoms with Crippen molar-refractivity contribution < 1.29 is 21.6 Å². The Labute approximate surface area is 172 Å². The lowest BCUT2D eigenvalue weighted by molar-refractivity contribution is -0.174. The second-order valence-electron chi connectivity index (χ2n) is 7.40. The van der Waals surface area contributed by atoms with Crippen molar-refractivity contribution in [3.63, 3.8) is 0 Å². The fourth-order valence-corrected chi connectivity index (χ4v) is 4.77. The molecule has 156 valence electrons. The summed E-state index contributed by atoms with van der Waals surface area (Å²) in [5, 5.41) is 0.754. The average molecular weight is 432 g/mol. The van der Waals surface area contributed by atoms with Gasteiger partial charge < -0.3 is 4.98 Å². The molecule has 1 heterocycles. The standard InChI is InChI=1S/C22H19F3N2O2S/c1-30(28,29)27-21(22(23,24)25)13-16(15-6-3-2-4-7-15)12-17(14-21)18-8-5-9-20-19(18)10-11-26-20/h2-12,14,26-27H,13H2,1H3. The van der Waals surface area contributed by atoms with Crippen LogP contribution in [0.1, 0.15) is 17.5 Å². The first-order valence-corrected chi connectivity index (χ1v) is 11.1. The Kier molecular flexibility index (Phi) is 4.86. The topological polar surface area (TPSA) is 62.0 Å². The number of hydrogen-bond donors (Lipinski definition) is 2. The molecule has 0 saturated heterocycles. The van der Waals surface area contributed by atoms with Gasteiger partial charge >= 0.3 is 6.18 Å². The van der Waals surface area contributed by atoms with Crippen LogP contribution >= 0.6 is 0 Å². The Hall–Kier alpha value is -2.84. The maximum atomic E-state index is 14.4. The molecule has 2 aromatic carbocycles. The third-order valence-corrected chi connectivity index (χ3v) is 5.86. The summed E-state index contributed by atoms with van der Waals surface area (Å²) in [5.74, 6) is 0. The van der Waals surface area contributed by atoms with Gasteiger partial charge in [0.2, 0.25) is 10.0 Å². The van der Waals surface area contributed by atoms with Gasteiger partial charge in [-0.2, -0.15) is 17.9 Å². The Bertz CT molecular complexity index is 1260. The van der Waals surface area contributed by atoms with E-state index in [1.54, 1.807) is 60.8 Å². The van der Waals surface area contributed by atoms with Gasteiger partial charge in [-0.25, -0.2) is 8.42 Å². The minimum atomic E-state index is -4.85.